The summed E-state index contributed by atoms with van der Waals surface area (Å²) in [4.78, 5) is 24.9. The predicted octanol–water partition coefficient (Wildman–Crippen LogP) is 3.15. The number of thioether (sulfide) groups is 1. The molecular formula is C16H17NO4S2. The first kappa shape index (κ1) is 17.5. The summed E-state index contributed by atoms with van der Waals surface area (Å²) in [5, 5.41) is 8.66. The third-order valence-electron chi connectivity index (χ3n) is 3.13. The summed E-state index contributed by atoms with van der Waals surface area (Å²) < 4.78 is 5.85. The Morgan fingerprint density at radius 3 is 2.70 bits per heavy atom. The molecule has 1 N–H and O–H groups in total. The molecule has 2 rings (SSSR count). The Kier molecular flexibility index (Phi) is 6.18. The summed E-state index contributed by atoms with van der Waals surface area (Å²) in [6, 6.07) is 7.45. The first-order valence-corrected chi connectivity index (χ1v) is 8.43. The molecule has 0 aliphatic carbocycles. The van der Waals surface area contributed by atoms with Crippen molar-refractivity contribution in [2.45, 2.75) is 19.8 Å². The van der Waals surface area contributed by atoms with Crippen LogP contribution in [0.3, 0.4) is 0 Å². The lowest BCUT2D eigenvalue weighted by molar-refractivity contribution is -0.137. The Hall–Kier alpha value is -1.86. The Labute approximate surface area is 144 Å². The molecule has 5 nitrogen and oxygen atoms in total. The number of hydrogen-bond donors (Lipinski definition) is 1. The maximum absolute atomic E-state index is 12.3. The average Bonchev–Trinajstić information content (AvgIpc) is 2.76. The fourth-order valence-electron chi connectivity index (χ4n) is 2.06. The van der Waals surface area contributed by atoms with Crippen molar-refractivity contribution in [1.82, 2.24) is 4.90 Å². The van der Waals surface area contributed by atoms with E-state index in [-0.39, 0.29) is 12.3 Å². The zero-order valence-corrected chi connectivity index (χ0v) is 14.3. The highest BCUT2D eigenvalue weighted by Crippen LogP contribution is 2.32. The van der Waals surface area contributed by atoms with E-state index in [1.54, 1.807) is 6.08 Å². The van der Waals surface area contributed by atoms with Crippen LogP contribution in [0.5, 0.6) is 5.75 Å². The number of carboxylic acid groups (broad SMARTS) is 1. The molecule has 0 atom stereocenters. The van der Waals surface area contributed by atoms with Gasteiger partial charge in [-0.2, -0.15) is 0 Å². The van der Waals surface area contributed by atoms with Crippen molar-refractivity contribution < 1.29 is 19.4 Å². The third kappa shape index (κ3) is 4.80. The van der Waals surface area contributed by atoms with Gasteiger partial charge in [0.25, 0.3) is 5.91 Å². The number of carbonyl (C=O) groups is 2. The number of thiocarbonyl (C=S) groups is 1. The Morgan fingerprint density at radius 1 is 1.39 bits per heavy atom. The molecule has 1 heterocycles. The van der Waals surface area contributed by atoms with E-state index in [0.717, 1.165) is 11.3 Å². The number of amides is 1. The van der Waals surface area contributed by atoms with Gasteiger partial charge in [0.1, 0.15) is 10.1 Å². The molecule has 0 unspecified atom stereocenters. The summed E-state index contributed by atoms with van der Waals surface area (Å²) in [5.41, 5.74) is 0.888. The standard InChI is InChI=1S/C16H17NO4S2/c1-2-21-12-7-5-11(6-8-12)10-13-15(20)17(16(22)23-13)9-3-4-14(18)19/h5-8,10H,2-4,9H2,1H3,(H,18,19)/b13-10+. The molecule has 7 heteroatoms. The fourth-order valence-corrected chi connectivity index (χ4v) is 3.37. The zero-order chi connectivity index (χ0) is 16.8. The van der Waals surface area contributed by atoms with Gasteiger partial charge in [0.2, 0.25) is 0 Å². The van der Waals surface area contributed by atoms with Crippen molar-refractivity contribution >= 4 is 46.3 Å². The van der Waals surface area contributed by atoms with Crippen molar-refractivity contribution in [1.29, 1.82) is 0 Å². The Morgan fingerprint density at radius 2 is 2.09 bits per heavy atom. The molecule has 1 aromatic carbocycles. The van der Waals surface area contributed by atoms with Crippen LogP contribution in [0.2, 0.25) is 0 Å². The van der Waals surface area contributed by atoms with Crippen molar-refractivity contribution in [3.8, 4) is 5.75 Å². The summed E-state index contributed by atoms with van der Waals surface area (Å²) >= 11 is 6.45. The number of benzene rings is 1. The lowest BCUT2D eigenvalue weighted by atomic mass is 10.2. The van der Waals surface area contributed by atoms with Gasteiger partial charge in [-0.3, -0.25) is 14.5 Å². The van der Waals surface area contributed by atoms with Crippen LogP contribution < -0.4 is 4.74 Å². The van der Waals surface area contributed by atoms with Crippen LogP contribution in [0.4, 0.5) is 0 Å². The molecule has 23 heavy (non-hydrogen) atoms. The maximum atomic E-state index is 12.3. The van der Waals surface area contributed by atoms with Crippen LogP contribution in [0.1, 0.15) is 25.3 Å². The molecule has 122 valence electrons. The summed E-state index contributed by atoms with van der Waals surface area (Å²) in [6.07, 6.45) is 2.19. The molecule has 1 aliphatic heterocycles. The van der Waals surface area contributed by atoms with Gasteiger partial charge in [-0.15, -0.1) is 0 Å². The lowest BCUT2D eigenvalue weighted by Crippen LogP contribution is -2.29. The van der Waals surface area contributed by atoms with Crippen molar-refractivity contribution in [2.24, 2.45) is 0 Å². The first-order valence-electron chi connectivity index (χ1n) is 7.21. The number of rotatable bonds is 7. The van der Waals surface area contributed by atoms with Gasteiger partial charge in [0, 0.05) is 13.0 Å². The normalized spacial score (nSPS) is 16.2. The molecule has 0 bridgehead atoms. The Bertz CT molecular complexity index is 640. The first-order chi connectivity index (χ1) is 11.0. The average molecular weight is 351 g/mol. The summed E-state index contributed by atoms with van der Waals surface area (Å²) in [7, 11) is 0. The van der Waals surface area contributed by atoms with Gasteiger partial charge in [-0.05, 0) is 37.1 Å². The highest BCUT2D eigenvalue weighted by molar-refractivity contribution is 8.26. The number of aliphatic carboxylic acids is 1. The molecule has 1 amide bonds. The second-order valence-corrected chi connectivity index (χ2v) is 6.51. The molecule has 0 radical (unpaired) electrons. The maximum Gasteiger partial charge on any atom is 0.303 e. The second-order valence-electron chi connectivity index (χ2n) is 4.83. The van der Waals surface area contributed by atoms with E-state index in [4.69, 9.17) is 22.1 Å². The Balaban J connectivity index is 2.04. The van der Waals surface area contributed by atoms with Gasteiger partial charge in [-0.1, -0.05) is 36.1 Å². The minimum atomic E-state index is -0.875. The van der Waals surface area contributed by atoms with Gasteiger partial charge in [0.05, 0.1) is 11.5 Å². The van der Waals surface area contributed by atoms with Crippen molar-refractivity contribution in [3.63, 3.8) is 0 Å². The SMILES string of the molecule is CCOc1ccc(/C=C2/SC(=S)N(CCCC(=O)O)C2=O)cc1. The topological polar surface area (TPSA) is 66.8 Å². The quantitative estimate of drug-likeness (QED) is 0.601. The number of hydrogen-bond acceptors (Lipinski definition) is 5. The summed E-state index contributed by atoms with van der Waals surface area (Å²) in [5.74, 6) is -0.259. The lowest BCUT2D eigenvalue weighted by Gasteiger charge is -2.13. The van der Waals surface area contributed by atoms with Crippen LogP contribution in [-0.4, -0.2) is 39.4 Å². The van der Waals surface area contributed by atoms with Crippen LogP contribution >= 0.6 is 24.0 Å². The van der Waals surface area contributed by atoms with Gasteiger partial charge < -0.3 is 9.84 Å². The zero-order valence-electron chi connectivity index (χ0n) is 12.7. The predicted molar refractivity (Wildman–Crippen MR) is 94.4 cm³/mol. The minimum Gasteiger partial charge on any atom is -0.494 e. The minimum absolute atomic E-state index is 0.0228. The number of nitrogens with zero attached hydrogens (tertiary/aromatic N) is 1. The largest absolute Gasteiger partial charge is 0.494 e. The molecule has 0 aromatic heterocycles. The van der Waals surface area contributed by atoms with E-state index in [1.165, 1.54) is 16.7 Å². The number of carboxylic acids is 1. The van der Waals surface area contributed by atoms with E-state index in [0.29, 0.717) is 28.8 Å². The fraction of sp³-hybridized carbons (Fsp3) is 0.312. The van der Waals surface area contributed by atoms with Crippen LogP contribution in [-0.2, 0) is 9.59 Å². The molecule has 1 fully saturated rings. The monoisotopic (exact) mass is 351 g/mol. The van der Waals surface area contributed by atoms with Crippen LogP contribution in [0.15, 0.2) is 29.2 Å². The number of carbonyl (C=O) groups excluding carboxylic acids is 1. The van der Waals surface area contributed by atoms with Gasteiger partial charge >= 0.3 is 5.97 Å². The van der Waals surface area contributed by atoms with Gasteiger partial charge in [0.15, 0.2) is 0 Å². The van der Waals surface area contributed by atoms with E-state index in [1.807, 2.05) is 31.2 Å². The van der Waals surface area contributed by atoms with Crippen molar-refractivity contribution in [3.05, 3.63) is 34.7 Å². The molecule has 1 aromatic rings. The third-order valence-corrected chi connectivity index (χ3v) is 4.51. The van der Waals surface area contributed by atoms with E-state index >= 15 is 0 Å². The van der Waals surface area contributed by atoms with E-state index in [9.17, 15) is 9.59 Å². The van der Waals surface area contributed by atoms with Crippen LogP contribution in [0.25, 0.3) is 6.08 Å². The highest BCUT2D eigenvalue weighted by Gasteiger charge is 2.31. The molecule has 1 saturated heterocycles. The van der Waals surface area contributed by atoms with E-state index < -0.39 is 5.97 Å². The van der Waals surface area contributed by atoms with E-state index in [2.05, 4.69) is 0 Å². The van der Waals surface area contributed by atoms with Crippen LogP contribution in [0, 0.1) is 0 Å². The number of ether oxygens (including phenoxy) is 1. The van der Waals surface area contributed by atoms with Gasteiger partial charge in [-0.25, -0.2) is 0 Å². The molecule has 0 spiro atoms. The summed E-state index contributed by atoms with van der Waals surface area (Å²) in [6.45, 7) is 2.86. The highest BCUT2D eigenvalue weighted by atomic mass is 32.2. The molecular weight excluding hydrogens is 334 g/mol. The smallest absolute Gasteiger partial charge is 0.303 e. The second kappa shape index (κ2) is 8.12. The molecule has 0 saturated carbocycles. The molecule has 1 aliphatic rings. The van der Waals surface area contributed by atoms with Crippen molar-refractivity contribution in [2.75, 3.05) is 13.2 Å².